The van der Waals surface area contributed by atoms with E-state index in [2.05, 4.69) is 19.2 Å². The lowest BCUT2D eigenvalue weighted by Crippen LogP contribution is -2.37. The van der Waals surface area contributed by atoms with Crippen molar-refractivity contribution in [1.29, 1.82) is 0 Å². The molecule has 1 N–H and O–H groups in total. The highest BCUT2D eigenvalue weighted by molar-refractivity contribution is 5.72. The summed E-state index contributed by atoms with van der Waals surface area (Å²) in [5.41, 5.74) is 0. The van der Waals surface area contributed by atoms with Gasteiger partial charge in [0.25, 0.3) is 0 Å². The Labute approximate surface area is 112 Å². The highest BCUT2D eigenvalue weighted by Crippen LogP contribution is 2.29. The fourth-order valence-corrected chi connectivity index (χ4v) is 2.70. The second-order valence-electron chi connectivity index (χ2n) is 5.97. The number of hydrogen-bond acceptors (Lipinski definition) is 3. The molecule has 0 aromatic rings. The SMILES string of the molecule is COC(=O)C(C)C(C)NCCC1CCC(C)CC1. The molecule has 0 saturated heterocycles. The Morgan fingerprint density at radius 3 is 2.44 bits per heavy atom. The fraction of sp³-hybridized carbons (Fsp3) is 0.933. The van der Waals surface area contributed by atoms with Gasteiger partial charge >= 0.3 is 5.97 Å². The van der Waals surface area contributed by atoms with Gasteiger partial charge in [0.15, 0.2) is 0 Å². The average Bonchev–Trinajstić information content (AvgIpc) is 2.39. The number of ether oxygens (including phenoxy) is 1. The summed E-state index contributed by atoms with van der Waals surface area (Å²) in [5.74, 6) is 1.62. The monoisotopic (exact) mass is 255 g/mol. The Morgan fingerprint density at radius 1 is 1.28 bits per heavy atom. The van der Waals surface area contributed by atoms with Crippen LogP contribution >= 0.6 is 0 Å². The molecule has 1 rings (SSSR count). The van der Waals surface area contributed by atoms with Crippen LogP contribution in [0.1, 0.15) is 52.9 Å². The molecule has 2 atom stereocenters. The minimum absolute atomic E-state index is 0.0682. The smallest absolute Gasteiger partial charge is 0.309 e. The standard InChI is InChI=1S/C15H29NO2/c1-11-5-7-14(8-6-11)9-10-16-13(3)12(2)15(17)18-4/h11-14,16H,5-10H2,1-4H3. The van der Waals surface area contributed by atoms with Crippen molar-refractivity contribution >= 4 is 5.97 Å². The van der Waals surface area contributed by atoms with Crippen LogP contribution in [0.5, 0.6) is 0 Å². The number of esters is 1. The van der Waals surface area contributed by atoms with Gasteiger partial charge in [-0.05, 0) is 31.7 Å². The van der Waals surface area contributed by atoms with Gasteiger partial charge in [0.2, 0.25) is 0 Å². The van der Waals surface area contributed by atoms with Gasteiger partial charge in [-0.1, -0.05) is 39.5 Å². The van der Waals surface area contributed by atoms with Crippen molar-refractivity contribution in [3.8, 4) is 0 Å². The third kappa shape index (κ3) is 4.97. The molecule has 0 aromatic carbocycles. The molecule has 0 radical (unpaired) electrons. The first-order chi connectivity index (χ1) is 8.54. The third-order valence-electron chi connectivity index (χ3n) is 4.48. The molecule has 1 fully saturated rings. The van der Waals surface area contributed by atoms with Crippen molar-refractivity contribution in [3.63, 3.8) is 0 Å². The van der Waals surface area contributed by atoms with Crippen LogP contribution < -0.4 is 5.32 Å². The predicted octanol–water partition coefficient (Wildman–Crippen LogP) is 2.99. The topological polar surface area (TPSA) is 38.3 Å². The number of hydrogen-bond donors (Lipinski definition) is 1. The Bertz CT molecular complexity index is 247. The maximum atomic E-state index is 11.4. The molecule has 3 heteroatoms. The molecular formula is C15H29NO2. The van der Waals surface area contributed by atoms with Crippen LogP contribution in [0.3, 0.4) is 0 Å². The van der Waals surface area contributed by atoms with Gasteiger partial charge in [0.1, 0.15) is 0 Å². The maximum Gasteiger partial charge on any atom is 0.309 e. The van der Waals surface area contributed by atoms with Crippen LogP contribution in [0.25, 0.3) is 0 Å². The largest absolute Gasteiger partial charge is 0.469 e. The van der Waals surface area contributed by atoms with Crippen molar-refractivity contribution < 1.29 is 9.53 Å². The number of carbonyl (C=O) groups excluding carboxylic acids is 1. The van der Waals surface area contributed by atoms with Gasteiger partial charge in [0, 0.05) is 6.04 Å². The van der Waals surface area contributed by atoms with Crippen molar-refractivity contribution in [3.05, 3.63) is 0 Å². The van der Waals surface area contributed by atoms with Gasteiger partial charge in [-0.2, -0.15) is 0 Å². The summed E-state index contributed by atoms with van der Waals surface area (Å²) in [6.07, 6.45) is 6.77. The molecule has 18 heavy (non-hydrogen) atoms. The Balaban J connectivity index is 2.15. The van der Waals surface area contributed by atoms with E-state index in [0.717, 1.165) is 18.4 Å². The van der Waals surface area contributed by atoms with Gasteiger partial charge in [-0.3, -0.25) is 4.79 Å². The molecule has 106 valence electrons. The molecule has 0 aliphatic heterocycles. The van der Waals surface area contributed by atoms with Crippen molar-refractivity contribution in [2.45, 2.75) is 58.9 Å². The zero-order valence-corrected chi connectivity index (χ0v) is 12.4. The highest BCUT2D eigenvalue weighted by Gasteiger charge is 2.21. The van der Waals surface area contributed by atoms with Crippen LogP contribution in [0.4, 0.5) is 0 Å². The Morgan fingerprint density at radius 2 is 1.89 bits per heavy atom. The van der Waals surface area contributed by atoms with Gasteiger partial charge in [0.05, 0.1) is 13.0 Å². The summed E-state index contributed by atoms with van der Waals surface area (Å²) < 4.78 is 4.76. The lowest BCUT2D eigenvalue weighted by atomic mass is 9.81. The van der Waals surface area contributed by atoms with E-state index in [1.165, 1.54) is 39.2 Å². The number of rotatable bonds is 6. The van der Waals surface area contributed by atoms with Crippen molar-refractivity contribution in [2.75, 3.05) is 13.7 Å². The van der Waals surface area contributed by atoms with Crippen LogP contribution in [0.2, 0.25) is 0 Å². The minimum Gasteiger partial charge on any atom is -0.469 e. The molecule has 1 aliphatic carbocycles. The van der Waals surface area contributed by atoms with Gasteiger partial charge in [-0.25, -0.2) is 0 Å². The molecule has 1 saturated carbocycles. The van der Waals surface area contributed by atoms with Crippen molar-refractivity contribution in [1.82, 2.24) is 5.32 Å². The number of methoxy groups -OCH3 is 1. The molecule has 0 aromatic heterocycles. The molecule has 0 bridgehead atoms. The summed E-state index contributed by atoms with van der Waals surface area (Å²) in [4.78, 5) is 11.4. The molecule has 2 unspecified atom stereocenters. The minimum atomic E-state index is -0.124. The quantitative estimate of drug-likeness (QED) is 0.742. The Kier molecular flexibility index (Phi) is 6.69. The summed E-state index contributed by atoms with van der Waals surface area (Å²) >= 11 is 0. The predicted molar refractivity (Wildman–Crippen MR) is 74.4 cm³/mol. The summed E-state index contributed by atoms with van der Waals surface area (Å²) in [6, 6.07) is 0.194. The highest BCUT2D eigenvalue weighted by atomic mass is 16.5. The van der Waals surface area contributed by atoms with E-state index in [1.54, 1.807) is 0 Å². The van der Waals surface area contributed by atoms with Crippen LogP contribution in [-0.4, -0.2) is 25.7 Å². The maximum absolute atomic E-state index is 11.4. The van der Waals surface area contributed by atoms with Crippen LogP contribution in [0.15, 0.2) is 0 Å². The van der Waals surface area contributed by atoms with E-state index < -0.39 is 0 Å². The molecule has 1 aliphatic rings. The van der Waals surface area contributed by atoms with E-state index in [1.807, 2.05) is 6.92 Å². The van der Waals surface area contributed by atoms with E-state index in [-0.39, 0.29) is 17.9 Å². The van der Waals surface area contributed by atoms with E-state index >= 15 is 0 Å². The van der Waals surface area contributed by atoms with E-state index in [4.69, 9.17) is 4.74 Å². The third-order valence-corrected chi connectivity index (χ3v) is 4.48. The zero-order valence-electron chi connectivity index (χ0n) is 12.4. The first-order valence-electron chi connectivity index (χ1n) is 7.35. The normalized spacial score (nSPS) is 27.6. The Hall–Kier alpha value is -0.570. The summed E-state index contributed by atoms with van der Waals surface area (Å²) in [6.45, 7) is 7.35. The van der Waals surface area contributed by atoms with Crippen LogP contribution in [0, 0.1) is 17.8 Å². The first-order valence-corrected chi connectivity index (χ1v) is 7.35. The molecule has 0 heterocycles. The van der Waals surface area contributed by atoms with Gasteiger partial charge in [-0.15, -0.1) is 0 Å². The zero-order chi connectivity index (χ0) is 13.5. The summed E-state index contributed by atoms with van der Waals surface area (Å²) in [5, 5.41) is 3.46. The number of carbonyl (C=O) groups is 1. The molecular weight excluding hydrogens is 226 g/mol. The lowest BCUT2D eigenvalue weighted by molar-refractivity contribution is -0.145. The second kappa shape index (κ2) is 7.78. The first kappa shape index (κ1) is 15.5. The van der Waals surface area contributed by atoms with Gasteiger partial charge < -0.3 is 10.1 Å². The average molecular weight is 255 g/mol. The molecule has 0 amide bonds. The fourth-order valence-electron chi connectivity index (χ4n) is 2.70. The molecule has 0 spiro atoms. The second-order valence-corrected chi connectivity index (χ2v) is 5.97. The van der Waals surface area contributed by atoms with Crippen LogP contribution in [-0.2, 0) is 9.53 Å². The van der Waals surface area contributed by atoms with E-state index in [0.29, 0.717) is 0 Å². The number of nitrogens with one attached hydrogen (secondary N) is 1. The summed E-state index contributed by atoms with van der Waals surface area (Å²) in [7, 11) is 1.45. The van der Waals surface area contributed by atoms with Crippen molar-refractivity contribution in [2.24, 2.45) is 17.8 Å². The molecule has 3 nitrogen and oxygen atoms in total. The van der Waals surface area contributed by atoms with E-state index in [9.17, 15) is 4.79 Å². The lowest BCUT2D eigenvalue weighted by Gasteiger charge is -2.27.